The van der Waals surface area contributed by atoms with Gasteiger partial charge in [-0.2, -0.15) is 0 Å². The summed E-state index contributed by atoms with van der Waals surface area (Å²) in [5.41, 5.74) is 0. The molecule has 0 spiro atoms. The molecular formula is C70H123O11P. The normalized spacial score (nSPS) is 13.8. The number of hydrogen-bond acceptors (Lipinski definition) is 10. The predicted octanol–water partition coefficient (Wildman–Crippen LogP) is 20.6. The van der Waals surface area contributed by atoms with Crippen LogP contribution in [0.1, 0.15) is 303 Å². The van der Waals surface area contributed by atoms with Gasteiger partial charge in [-0.25, -0.2) is 4.57 Å². The van der Waals surface area contributed by atoms with E-state index in [-0.39, 0.29) is 25.9 Å². The van der Waals surface area contributed by atoms with Crippen LogP contribution < -0.4 is 0 Å². The van der Waals surface area contributed by atoms with E-state index in [1.54, 1.807) is 0 Å². The van der Waals surface area contributed by atoms with Crippen LogP contribution in [0.4, 0.5) is 0 Å². The Kier molecular flexibility index (Phi) is 61.1. The zero-order valence-electron chi connectivity index (χ0n) is 52.7. The average Bonchev–Trinajstić information content (AvgIpc) is 3.50. The number of unbranched alkanes of at least 4 members (excludes halogenated alkanes) is 31. The largest absolute Gasteiger partial charge is 0.472 e. The van der Waals surface area contributed by atoms with Crippen LogP contribution in [0.25, 0.3) is 0 Å². The second-order valence-corrected chi connectivity index (χ2v) is 23.7. The van der Waals surface area contributed by atoms with Crippen molar-refractivity contribution in [2.45, 2.75) is 315 Å². The summed E-state index contributed by atoms with van der Waals surface area (Å²) in [4.78, 5) is 48.8. The molecule has 0 bridgehead atoms. The quantitative estimate of drug-likeness (QED) is 0.0197. The Morgan fingerprint density at radius 2 is 0.634 bits per heavy atom. The summed E-state index contributed by atoms with van der Waals surface area (Å²) in [7, 11) is -4.77. The molecule has 82 heavy (non-hydrogen) atoms. The van der Waals surface area contributed by atoms with Gasteiger partial charge in [0.2, 0.25) is 0 Å². The number of carbonyl (C=O) groups excluding carboxylic acids is 3. The standard InChI is InChI=1S/C70H123O11P/c1-4-7-10-13-16-19-22-25-28-31-33-36-39-42-45-48-51-54-57-60-69(73)80-66(62-71)64-78-82(75,76)79-65-67(63-77-68(72)59-56-53-50-47-44-41-38-35-30-27-24-21-18-15-12-9-6-3)81-70(74)61-58-55-52-49-46-43-40-37-34-32-29-26-23-20-17-14-11-8-5-2/h8,11,17-18,20-21,26-27,29-30,34,37,43,46,66-67,71H,4-7,9-10,12-16,19,22-25,28,31-33,35-36,38-42,44-45,47-65H2,1-3H3,(H,75,76)/b11-8-,20-17-,21-18-,29-26-,30-27-,37-34-,46-43-. The number of carbonyl (C=O) groups is 3. The molecule has 0 amide bonds. The summed E-state index contributed by atoms with van der Waals surface area (Å²) in [6.07, 6.45) is 75.3. The fourth-order valence-electron chi connectivity index (χ4n) is 9.24. The van der Waals surface area contributed by atoms with Gasteiger partial charge in [-0.1, -0.05) is 273 Å². The Balaban J connectivity index is 4.72. The number of aliphatic hydroxyl groups excluding tert-OH is 1. The van der Waals surface area contributed by atoms with E-state index >= 15 is 0 Å². The topological polar surface area (TPSA) is 155 Å². The molecule has 3 unspecified atom stereocenters. The van der Waals surface area contributed by atoms with Crippen LogP contribution >= 0.6 is 7.82 Å². The van der Waals surface area contributed by atoms with E-state index in [0.29, 0.717) is 19.3 Å². The second-order valence-electron chi connectivity index (χ2n) is 22.3. The molecule has 0 aliphatic heterocycles. The molecule has 474 valence electrons. The van der Waals surface area contributed by atoms with Gasteiger partial charge in [0, 0.05) is 19.3 Å². The lowest BCUT2D eigenvalue weighted by atomic mass is 10.0. The molecule has 0 aromatic carbocycles. The summed E-state index contributed by atoms with van der Waals surface area (Å²) >= 11 is 0. The minimum absolute atomic E-state index is 0.125. The molecule has 0 aromatic heterocycles. The number of ether oxygens (including phenoxy) is 3. The lowest BCUT2D eigenvalue weighted by Crippen LogP contribution is -2.30. The predicted molar refractivity (Wildman–Crippen MR) is 344 cm³/mol. The van der Waals surface area contributed by atoms with Crippen molar-refractivity contribution < 1.29 is 52.2 Å². The van der Waals surface area contributed by atoms with Crippen molar-refractivity contribution in [3.8, 4) is 0 Å². The molecule has 0 radical (unpaired) electrons. The third-order valence-corrected chi connectivity index (χ3v) is 15.3. The van der Waals surface area contributed by atoms with E-state index in [1.807, 2.05) is 0 Å². The van der Waals surface area contributed by atoms with Gasteiger partial charge in [0.25, 0.3) is 0 Å². The number of hydrogen-bond donors (Lipinski definition) is 2. The first-order valence-electron chi connectivity index (χ1n) is 33.5. The number of phosphoric ester groups is 1. The maximum Gasteiger partial charge on any atom is 0.472 e. The zero-order chi connectivity index (χ0) is 59.8. The Morgan fingerprint density at radius 3 is 1.01 bits per heavy atom. The third-order valence-electron chi connectivity index (χ3n) is 14.3. The molecular weight excluding hydrogens is 1050 g/mol. The second kappa shape index (κ2) is 63.7. The van der Waals surface area contributed by atoms with Gasteiger partial charge in [-0.3, -0.25) is 23.4 Å². The van der Waals surface area contributed by atoms with Gasteiger partial charge in [-0.15, -0.1) is 0 Å². The van der Waals surface area contributed by atoms with Crippen LogP contribution in [0.5, 0.6) is 0 Å². The molecule has 0 saturated heterocycles. The first-order chi connectivity index (χ1) is 40.2. The fourth-order valence-corrected chi connectivity index (χ4v) is 10.0. The lowest BCUT2D eigenvalue weighted by molar-refractivity contribution is -0.161. The highest BCUT2D eigenvalue weighted by atomic mass is 31.2. The lowest BCUT2D eigenvalue weighted by Gasteiger charge is -2.21. The molecule has 0 aromatic rings. The zero-order valence-corrected chi connectivity index (χ0v) is 53.6. The molecule has 12 heteroatoms. The fraction of sp³-hybridized carbons (Fsp3) is 0.757. The first kappa shape index (κ1) is 78.7. The number of allylic oxidation sites excluding steroid dienone is 14. The van der Waals surface area contributed by atoms with Gasteiger partial charge in [0.15, 0.2) is 6.10 Å². The third kappa shape index (κ3) is 61.2. The van der Waals surface area contributed by atoms with E-state index in [1.165, 1.54) is 135 Å². The molecule has 0 fully saturated rings. The van der Waals surface area contributed by atoms with E-state index in [4.69, 9.17) is 23.3 Å². The number of aliphatic hydroxyl groups is 1. The van der Waals surface area contributed by atoms with Crippen LogP contribution in [0, 0.1) is 0 Å². The van der Waals surface area contributed by atoms with Crippen molar-refractivity contribution in [3.05, 3.63) is 85.1 Å². The summed E-state index contributed by atoms with van der Waals surface area (Å²) in [6, 6.07) is 0. The molecule has 0 saturated carbocycles. The maximum atomic E-state index is 13.0. The Labute approximate surface area is 502 Å². The summed E-state index contributed by atoms with van der Waals surface area (Å²) in [5.74, 6) is -1.50. The molecule has 0 heterocycles. The summed E-state index contributed by atoms with van der Waals surface area (Å²) in [5, 5.41) is 9.87. The van der Waals surface area contributed by atoms with E-state index in [0.717, 1.165) is 109 Å². The van der Waals surface area contributed by atoms with Crippen molar-refractivity contribution in [1.82, 2.24) is 0 Å². The van der Waals surface area contributed by atoms with Crippen molar-refractivity contribution >= 4 is 25.7 Å². The van der Waals surface area contributed by atoms with E-state index in [2.05, 4.69) is 106 Å². The Bertz CT molecular complexity index is 1700. The van der Waals surface area contributed by atoms with Gasteiger partial charge >= 0.3 is 25.7 Å². The maximum absolute atomic E-state index is 13.0. The number of phosphoric acid groups is 1. The average molecular weight is 1170 g/mol. The highest BCUT2D eigenvalue weighted by Crippen LogP contribution is 2.43. The molecule has 11 nitrogen and oxygen atoms in total. The smallest absolute Gasteiger partial charge is 0.462 e. The van der Waals surface area contributed by atoms with Crippen molar-refractivity contribution in [1.29, 1.82) is 0 Å². The van der Waals surface area contributed by atoms with Crippen molar-refractivity contribution in [2.75, 3.05) is 26.4 Å². The summed E-state index contributed by atoms with van der Waals surface area (Å²) < 4.78 is 39.7. The Morgan fingerprint density at radius 1 is 0.354 bits per heavy atom. The molecule has 0 rings (SSSR count). The molecule has 0 aliphatic carbocycles. The van der Waals surface area contributed by atoms with Crippen LogP contribution in [0.2, 0.25) is 0 Å². The molecule has 3 atom stereocenters. The van der Waals surface area contributed by atoms with Gasteiger partial charge in [0.05, 0.1) is 19.8 Å². The van der Waals surface area contributed by atoms with Gasteiger partial charge in [-0.05, 0) is 96.3 Å². The van der Waals surface area contributed by atoms with Gasteiger partial charge in [0.1, 0.15) is 12.7 Å². The van der Waals surface area contributed by atoms with Crippen LogP contribution in [-0.2, 0) is 42.2 Å². The minimum atomic E-state index is -4.77. The highest BCUT2D eigenvalue weighted by molar-refractivity contribution is 7.47. The van der Waals surface area contributed by atoms with Gasteiger partial charge < -0.3 is 24.2 Å². The summed E-state index contributed by atoms with van der Waals surface area (Å²) in [6.45, 7) is 4.51. The first-order valence-corrected chi connectivity index (χ1v) is 35.0. The van der Waals surface area contributed by atoms with Crippen molar-refractivity contribution in [3.63, 3.8) is 0 Å². The highest BCUT2D eigenvalue weighted by Gasteiger charge is 2.28. The monoisotopic (exact) mass is 1170 g/mol. The number of esters is 3. The number of rotatable bonds is 62. The minimum Gasteiger partial charge on any atom is -0.462 e. The Hall–Kier alpha value is -3.34. The van der Waals surface area contributed by atoms with Crippen LogP contribution in [0.15, 0.2) is 85.1 Å². The van der Waals surface area contributed by atoms with E-state index in [9.17, 15) is 28.9 Å². The molecule has 2 N–H and O–H groups in total. The van der Waals surface area contributed by atoms with Crippen LogP contribution in [0.3, 0.4) is 0 Å². The van der Waals surface area contributed by atoms with Crippen molar-refractivity contribution in [2.24, 2.45) is 0 Å². The SMILES string of the molecule is CC/C=C\C/C=C\C/C=C\C/C=C\C/C=C\CCCCCC(=O)OC(COC(=O)CCCCCCCCC/C=C\C/C=C\CCCCC)COP(=O)(O)OCC(CO)OC(=O)CCCCCCCCCCCCCCCCCCCCC. The van der Waals surface area contributed by atoms with E-state index < -0.39 is 57.8 Å². The van der Waals surface area contributed by atoms with Crippen LogP contribution in [-0.4, -0.2) is 66.5 Å². The molecule has 0 aliphatic rings.